The van der Waals surface area contributed by atoms with E-state index in [1.165, 1.54) is 12.8 Å². The molecule has 1 saturated heterocycles. The van der Waals surface area contributed by atoms with Gasteiger partial charge in [0.25, 0.3) is 0 Å². The van der Waals surface area contributed by atoms with Crippen LogP contribution in [0.5, 0.6) is 0 Å². The lowest BCUT2D eigenvalue weighted by Crippen LogP contribution is -2.44. The highest BCUT2D eigenvalue weighted by Crippen LogP contribution is 2.28. The molecule has 2 rings (SSSR count). The zero-order valence-electron chi connectivity index (χ0n) is 9.69. The minimum absolute atomic E-state index is 0.407. The summed E-state index contributed by atoms with van der Waals surface area (Å²) < 4.78 is 0.952. The molecule has 3 nitrogen and oxygen atoms in total. The highest BCUT2D eigenvalue weighted by atomic mass is 79.9. The van der Waals surface area contributed by atoms with Gasteiger partial charge in [0.2, 0.25) is 0 Å². The Bertz CT molecular complexity index is 439. The van der Waals surface area contributed by atoms with Gasteiger partial charge >= 0.3 is 0 Å². The summed E-state index contributed by atoms with van der Waals surface area (Å²) in [6, 6.07) is 8.44. The van der Waals surface area contributed by atoms with Gasteiger partial charge in [-0.2, -0.15) is 5.26 Å². The Labute approximate surface area is 110 Å². The zero-order valence-corrected chi connectivity index (χ0v) is 11.3. The van der Waals surface area contributed by atoms with Gasteiger partial charge in [0.1, 0.15) is 0 Å². The lowest BCUT2D eigenvalue weighted by atomic mass is 10.0. The van der Waals surface area contributed by atoms with E-state index in [1.54, 1.807) is 0 Å². The highest BCUT2D eigenvalue weighted by molar-refractivity contribution is 9.10. The number of anilines is 1. The summed E-state index contributed by atoms with van der Waals surface area (Å²) in [5.74, 6) is 0. The molecule has 1 atom stereocenters. The monoisotopic (exact) mass is 293 g/mol. The van der Waals surface area contributed by atoms with Crippen LogP contribution in [-0.2, 0) is 0 Å². The Morgan fingerprint density at radius 3 is 2.94 bits per heavy atom. The maximum absolute atomic E-state index is 8.99. The summed E-state index contributed by atoms with van der Waals surface area (Å²) in [5.41, 5.74) is 7.61. The van der Waals surface area contributed by atoms with Gasteiger partial charge in [0.05, 0.1) is 11.6 Å². The normalized spacial score (nSPS) is 20.1. The largest absolute Gasteiger partial charge is 0.367 e. The molecule has 0 aliphatic carbocycles. The molecule has 1 unspecified atom stereocenters. The van der Waals surface area contributed by atoms with Gasteiger partial charge in [-0.15, -0.1) is 0 Å². The van der Waals surface area contributed by atoms with E-state index in [0.29, 0.717) is 18.2 Å². The molecular weight excluding hydrogens is 278 g/mol. The molecule has 0 spiro atoms. The number of nitriles is 1. The smallest absolute Gasteiger partial charge is 0.0992 e. The molecule has 1 aromatic carbocycles. The van der Waals surface area contributed by atoms with Crippen LogP contribution in [0.4, 0.5) is 5.69 Å². The molecule has 17 heavy (non-hydrogen) atoms. The van der Waals surface area contributed by atoms with E-state index in [4.69, 9.17) is 11.0 Å². The summed E-state index contributed by atoms with van der Waals surface area (Å²) in [4.78, 5) is 2.33. The molecule has 0 bridgehead atoms. The molecule has 0 aromatic heterocycles. The third-order valence-electron chi connectivity index (χ3n) is 3.24. The van der Waals surface area contributed by atoms with Crippen LogP contribution in [0, 0.1) is 11.3 Å². The Kier molecular flexibility index (Phi) is 4.03. The fraction of sp³-hybridized carbons (Fsp3) is 0.462. The third kappa shape index (κ3) is 2.80. The van der Waals surface area contributed by atoms with Crippen LogP contribution < -0.4 is 10.6 Å². The van der Waals surface area contributed by atoms with E-state index < -0.39 is 0 Å². The fourth-order valence-electron chi connectivity index (χ4n) is 2.39. The van der Waals surface area contributed by atoms with Crippen molar-refractivity contribution in [1.29, 1.82) is 5.26 Å². The van der Waals surface area contributed by atoms with E-state index >= 15 is 0 Å². The van der Waals surface area contributed by atoms with Crippen LogP contribution >= 0.6 is 15.9 Å². The molecular formula is C13H16BrN3. The second-order valence-corrected chi connectivity index (χ2v) is 5.30. The van der Waals surface area contributed by atoms with Crippen molar-refractivity contribution in [3.05, 3.63) is 28.2 Å². The predicted molar refractivity (Wildman–Crippen MR) is 72.9 cm³/mol. The summed E-state index contributed by atoms with van der Waals surface area (Å²) in [5, 5.41) is 8.99. The van der Waals surface area contributed by atoms with Crippen molar-refractivity contribution in [3.63, 3.8) is 0 Å². The molecule has 1 aliphatic heterocycles. The van der Waals surface area contributed by atoms with Crippen LogP contribution in [0.1, 0.15) is 24.8 Å². The van der Waals surface area contributed by atoms with E-state index in [1.807, 2.05) is 12.1 Å². The first kappa shape index (κ1) is 12.4. The Morgan fingerprint density at radius 2 is 2.24 bits per heavy atom. The molecule has 1 fully saturated rings. The van der Waals surface area contributed by atoms with Crippen LogP contribution in [0.25, 0.3) is 0 Å². The average molecular weight is 294 g/mol. The molecule has 1 heterocycles. The molecule has 0 radical (unpaired) electrons. The van der Waals surface area contributed by atoms with Gasteiger partial charge < -0.3 is 10.6 Å². The van der Waals surface area contributed by atoms with E-state index in [9.17, 15) is 0 Å². The Hall–Kier alpha value is -1.05. The molecule has 1 aliphatic rings. The van der Waals surface area contributed by atoms with Crippen molar-refractivity contribution in [3.8, 4) is 6.07 Å². The lowest BCUT2D eigenvalue weighted by Gasteiger charge is -2.37. The molecule has 2 N–H and O–H groups in total. The standard InChI is InChI=1S/C13H16BrN3/c14-11-5-10(8-15)6-13(7-11)17-4-2-1-3-12(17)9-16/h5-7,12H,1-4,9,16H2. The number of rotatable bonds is 2. The Morgan fingerprint density at radius 1 is 1.41 bits per heavy atom. The van der Waals surface area contributed by atoms with Crippen molar-refractivity contribution in [2.75, 3.05) is 18.0 Å². The van der Waals surface area contributed by atoms with E-state index in [2.05, 4.69) is 33.0 Å². The van der Waals surface area contributed by atoms with Crippen molar-refractivity contribution >= 4 is 21.6 Å². The number of nitrogens with two attached hydrogens (primary N) is 1. The SMILES string of the molecule is N#Cc1cc(Br)cc(N2CCCCC2CN)c1. The van der Waals surface area contributed by atoms with E-state index in [0.717, 1.165) is 23.1 Å². The second-order valence-electron chi connectivity index (χ2n) is 4.39. The van der Waals surface area contributed by atoms with Gasteiger partial charge in [-0.05, 0) is 37.5 Å². The van der Waals surface area contributed by atoms with Crippen LogP contribution in [-0.4, -0.2) is 19.1 Å². The van der Waals surface area contributed by atoms with E-state index in [-0.39, 0.29) is 0 Å². The molecule has 0 saturated carbocycles. The first-order valence-corrected chi connectivity index (χ1v) is 6.71. The van der Waals surface area contributed by atoms with Crippen LogP contribution in [0.3, 0.4) is 0 Å². The van der Waals surface area contributed by atoms with Crippen molar-refractivity contribution in [2.45, 2.75) is 25.3 Å². The van der Waals surface area contributed by atoms with Gasteiger partial charge in [-0.3, -0.25) is 0 Å². The summed E-state index contributed by atoms with van der Waals surface area (Å²) in [6.07, 6.45) is 3.59. The van der Waals surface area contributed by atoms with Crippen LogP contribution in [0.2, 0.25) is 0 Å². The molecule has 4 heteroatoms. The minimum atomic E-state index is 0.407. The average Bonchev–Trinajstić information content (AvgIpc) is 2.37. The minimum Gasteiger partial charge on any atom is -0.367 e. The first-order chi connectivity index (χ1) is 8.24. The van der Waals surface area contributed by atoms with Gasteiger partial charge in [0.15, 0.2) is 0 Å². The maximum atomic E-state index is 8.99. The van der Waals surface area contributed by atoms with Crippen LogP contribution in [0.15, 0.2) is 22.7 Å². The zero-order chi connectivity index (χ0) is 12.3. The summed E-state index contributed by atoms with van der Waals surface area (Å²) in [6.45, 7) is 1.71. The summed E-state index contributed by atoms with van der Waals surface area (Å²) in [7, 11) is 0. The van der Waals surface area contributed by atoms with Crippen molar-refractivity contribution in [1.82, 2.24) is 0 Å². The summed E-state index contributed by atoms with van der Waals surface area (Å²) >= 11 is 3.45. The number of nitrogens with zero attached hydrogens (tertiary/aromatic N) is 2. The molecule has 90 valence electrons. The number of halogens is 1. The highest BCUT2D eigenvalue weighted by Gasteiger charge is 2.21. The van der Waals surface area contributed by atoms with Gasteiger partial charge in [0, 0.05) is 29.3 Å². The topological polar surface area (TPSA) is 53.0 Å². The van der Waals surface area contributed by atoms with Crippen molar-refractivity contribution < 1.29 is 0 Å². The number of benzene rings is 1. The maximum Gasteiger partial charge on any atom is 0.0992 e. The molecule has 1 aromatic rings. The second kappa shape index (κ2) is 5.52. The first-order valence-electron chi connectivity index (χ1n) is 5.92. The fourth-order valence-corrected chi connectivity index (χ4v) is 2.87. The van der Waals surface area contributed by atoms with Gasteiger partial charge in [-0.25, -0.2) is 0 Å². The van der Waals surface area contributed by atoms with Crippen molar-refractivity contribution in [2.24, 2.45) is 5.73 Å². The predicted octanol–water partition coefficient (Wildman–Crippen LogP) is 2.64. The third-order valence-corrected chi connectivity index (χ3v) is 3.70. The number of hydrogen-bond acceptors (Lipinski definition) is 3. The number of piperidine rings is 1. The quantitative estimate of drug-likeness (QED) is 0.912. The lowest BCUT2D eigenvalue weighted by molar-refractivity contribution is 0.465. The Balaban J connectivity index is 2.31. The van der Waals surface area contributed by atoms with Gasteiger partial charge in [-0.1, -0.05) is 15.9 Å². The molecule has 0 amide bonds. The number of hydrogen-bond donors (Lipinski definition) is 1.